The molecule has 0 saturated carbocycles. The van der Waals surface area contributed by atoms with Crippen molar-refractivity contribution in [3.63, 3.8) is 0 Å². The van der Waals surface area contributed by atoms with Gasteiger partial charge in [0.05, 0.1) is 12.6 Å². The molecule has 1 aromatic heterocycles. The fraction of sp³-hybridized carbons (Fsp3) is 0.250. The first-order chi connectivity index (χ1) is 10.0. The number of hydrogen-bond acceptors (Lipinski definition) is 3. The highest BCUT2D eigenvalue weighted by atomic mass is 79.9. The molecule has 21 heavy (non-hydrogen) atoms. The van der Waals surface area contributed by atoms with Gasteiger partial charge < -0.3 is 10.4 Å². The second-order valence-electron chi connectivity index (χ2n) is 4.98. The lowest BCUT2D eigenvalue weighted by Gasteiger charge is -2.13. The molecule has 1 amide bonds. The summed E-state index contributed by atoms with van der Waals surface area (Å²) in [4.78, 5) is 15.7. The molecule has 1 unspecified atom stereocenters. The first-order valence-corrected chi connectivity index (χ1v) is 7.49. The zero-order chi connectivity index (χ0) is 15.2. The van der Waals surface area contributed by atoms with Gasteiger partial charge in [0.25, 0.3) is 0 Å². The van der Waals surface area contributed by atoms with E-state index in [1.54, 1.807) is 12.3 Å². The van der Waals surface area contributed by atoms with Gasteiger partial charge in [-0.2, -0.15) is 0 Å². The zero-order valence-electron chi connectivity index (χ0n) is 11.7. The number of aromatic hydroxyl groups is 1. The fourth-order valence-electron chi connectivity index (χ4n) is 1.99. The maximum Gasteiger partial charge on any atom is 0.224 e. The van der Waals surface area contributed by atoms with Gasteiger partial charge >= 0.3 is 0 Å². The second kappa shape index (κ2) is 7.22. The van der Waals surface area contributed by atoms with E-state index in [2.05, 4.69) is 33.2 Å². The molecule has 5 heteroatoms. The topological polar surface area (TPSA) is 62.2 Å². The molecular formula is C16H17BrN2O2. The molecule has 0 saturated heterocycles. The third-order valence-corrected chi connectivity index (χ3v) is 3.72. The molecule has 2 rings (SSSR count). The molecule has 0 aliphatic heterocycles. The second-order valence-corrected chi connectivity index (χ2v) is 5.90. The number of nitrogens with zero attached hydrogens (tertiary/aromatic N) is 1. The zero-order valence-corrected chi connectivity index (χ0v) is 13.3. The van der Waals surface area contributed by atoms with Crippen molar-refractivity contribution in [1.82, 2.24) is 10.3 Å². The normalized spacial score (nSPS) is 11.9. The van der Waals surface area contributed by atoms with Crippen LogP contribution in [0.4, 0.5) is 0 Å². The van der Waals surface area contributed by atoms with Crippen molar-refractivity contribution < 1.29 is 9.90 Å². The average Bonchev–Trinajstić information content (AvgIpc) is 2.45. The summed E-state index contributed by atoms with van der Waals surface area (Å²) in [5.74, 6) is 0.235. The van der Waals surface area contributed by atoms with Gasteiger partial charge in [-0.25, -0.2) is 0 Å². The van der Waals surface area contributed by atoms with Crippen molar-refractivity contribution in [3.8, 4) is 5.75 Å². The van der Waals surface area contributed by atoms with Crippen molar-refractivity contribution in [2.45, 2.75) is 19.3 Å². The summed E-state index contributed by atoms with van der Waals surface area (Å²) >= 11 is 3.40. The van der Waals surface area contributed by atoms with Gasteiger partial charge in [-0.1, -0.05) is 35.0 Å². The van der Waals surface area contributed by atoms with E-state index in [-0.39, 0.29) is 24.0 Å². The van der Waals surface area contributed by atoms with Crippen molar-refractivity contribution in [2.75, 3.05) is 6.54 Å². The smallest absolute Gasteiger partial charge is 0.224 e. The lowest BCUT2D eigenvalue weighted by atomic mass is 10.0. The predicted molar refractivity (Wildman–Crippen MR) is 85.2 cm³/mol. The Bertz CT molecular complexity index is 614. The number of rotatable bonds is 5. The van der Waals surface area contributed by atoms with Crippen LogP contribution in [0.3, 0.4) is 0 Å². The van der Waals surface area contributed by atoms with Gasteiger partial charge in [0.1, 0.15) is 5.75 Å². The number of amides is 1. The van der Waals surface area contributed by atoms with Gasteiger partial charge in [-0.05, 0) is 35.2 Å². The van der Waals surface area contributed by atoms with E-state index in [9.17, 15) is 9.90 Å². The first-order valence-electron chi connectivity index (χ1n) is 6.69. The van der Waals surface area contributed by atoms with Gasteiger partial charge in [0.2, 0.25) is 5.91 Å². The Balaban J connectivity index is 1.84. The first kappa shape index (κ1) is 15.5. The van der Waals surface area contributed by atoms with Crippen LogP contribution < -0.4 is 5.32 Å². The molecule has 110 valence electrons. The molecule has 2 aromatic rings. The molecule has 0 aliphatic carbocycles. The largest absolute Gasteiger partial charge is 0.506 e. The lowest BCUT2D eigenvalue weighted by Crippen LogP contribution is -2.28. The van der Waals surface area contributed by atoms with Crippen LogP contribution in [0.2, 0.25) is 0 Å². The molecule has 1 aromatic carbocycles. The number of carbonyl (C=O) groups is 1. The molecule has 1 atom stereocenters. The van der Waals surface area contributed by atoms with Crippen LogP contribution in [0.25, 0.3) is 0 Å². The number of carbonyl (C=O) groups excluding carboxylic acids is 1. The number of nitrogens with one attached hydrogen (secondary N) is 1. The van der Waals surface area contributed by atoms with Crippen molar-refractivity contribution >= 4 is 21.8 Å². The summed E-state index contributed by atoms with van der Waals surface area (Å²) in [7, 11) is 0. The molecule has 2 N–H and O–H groups in total. The monoisotopic (exact) mass is 348 g/mol. The van der Waals surface area contributed by atoms with Gasteiger partial charge in [0.15, 0.2) is 0 Å². The fourth-order valence-corrected chi connectivity index (χ4v) is 2.26. The van der Waals surface area contributed by atoms with Gasteiger partial charge in [-0.15, -0.1) is 0 Å². The standard InChI is InChI=1S/C16H17BrN2O2/c1-11(13-2-4-14(17)5-3-13)8-19-16(21)7-12-6-15(20)10-18-9-12/h2-6,9-11,20H,7-8H2,1H3,(H,19,21). The van der Waals surface area contributed by atoms with E-state index in [1.165, 1.54) is 11.8 Å². The van der Waals surface area contributed by atoms with E-state index in [0.29, 0.717) is 12.1 Å². The summed E-state index contributed by atoms with van der Waals surface area (Å²) < 4.78 is 1.04. The number of benzene rings is 1. The molecule has 0 aliphatic rings. The maximum atomic E-state index is 11.9. The Hall–Kier alpha value is -1.88. The van der Waals surface area contributed by atoms with Crippen LogP contribution in [0, 0.1) is 0 Å². The highest BCUT2D eigenvalue weighted by Crippen LogP contribution is 2.17. The Morgan fingerprint density at radius 3 is 2.71 bits per heavy atom. The number of halogens is 1. The van der Waals surface area contributed by atoms with E-state index < -0.39 is 0 Å². The third kappa shape index (κ3) is 4.86. The Kier molecular flexibility index (Phi) is 5.33. The molecule has 0 spiro atoms. The molecule has 1 heterocycles. The minimum Gasteiger partial charge on any atom is -0.506 e. The molecule has 0 bridgehead atoms. The third-order valence-electron chi connectivity index (χ3n) is 3.19. The van der Waals surface area contributed by atoms with Crippen molar-refractivity contribution in [3.05, 3.63) is 58.3 Å². The van der Waals surface area contributed by atoms with E-state index >= 15 is 0 Å². The van der Waals surface area contributed by atoms with E-state index in [1.807, 2.05) is 24.3 Å². The van der Waals surface area contributed by atoms with E-state index in [0.717, 1.165) is 4.47 Å². The molecule has 0 fully saturated rings. The minimum atomic E-state index is -0.0774. The van der Waals surface area contributed by atoms with Gasteiger partial charge in [-0.3, -0.25) is 9.78 Å². The highest BCUT2D eigenvalue weighted by molar-refractivity contribution is 9.10. The van der Waals surface area contributed by atoms with Crippen LogP contribution in [0.5, 0.6) is 5.75 Å². The summed E-state index contributed by atoms with van der Waals surface area (Å²) in [6.45, 7) is 2.64. The van der Waals surface area contributed by atoms with Crippen LogP contribution in [-0.4, -0.2) is 22.5 Å². The minimum absolute atomic E-state index is 0.0727. The lowest BCUT2D eigenvalue weighted by molar-refractivity contribution is -0.120. The maximum absolute atomic E-state index is 11.9. The number of pyridine rings is 1. The molecular weight excluding hydrogens is 332 g/mol. The van der Waals surface area contributed by atoms with E-state index in [4.69, 9.17) is 0 Å². The summed E-state index contributed by atoms with van der Waals surface area (Å²) in [5.41, 5.74) is 1.88. The van der Waals surface area contributed by atoms with Crippen LogP contribution in [0.15, 0.2) is 47.2 Å². The number of hydrogen-bond donors (Lipinski definition) is 2. The summed E-state index contributed by atoms with van der Waals surface area (Å²) in [6.07, 6.45) is 3.14. The molecule has 0 radical (unpaired) electrons. The highest BCUT2D eigenvalue weighted by Gasteiger charge is 2.09. The van der Waals surface area contributed by atoms with Crippen molar-refractivity contribution in [1.29, 1.82) is 0 Å². The summed E-state index contributed by atoms with van der Waals surface area (Å²) in [5, 5.41) is 12.2. The van der Waals surface area contributed by atoms with Crippen LogP contribution >= 0.6 is 15.9 Å². The average molecular weight is 349 g/mol. The Labute approximate surface area is 132 Å². The summed E-state index contributed by atoms with van der Waals surface area (Å²) in [6, 6.07) is 9.61. The number of aromatic nitrogens is 1. The Morgan fingerprint density at radius 2 is 2.05 bits per heavy atom. The molecule has 4 nitrogen and oxygen atoms in total. The predicted octanol–water partition coefficient (Wildman–Crippen LogP) is 3.01. The van der Waals surface area contributed by atoms with Crippen LogP contribution in [0.1, 0.15) is 24.0 Å². The van der Waals surface area contributed by atoms with Gasteiger partial charge in [0, 0.05) is 17.2 Å². The quantitative estimate of drug-likeness (QED) is 0.872. The van der Waals surface area contributed by atoms with Crippen LogP contribution in [-0.2, 0) is 11.2 Å². The Morgan fingerprint density at radius 1 is 1.33 bits per heavy atom. The van der Waals surface area contributed by atoms with Crippen molar-refractivity contribution in [2.24, 2.45) is 0 Å². The SMILES string of the molecule is CC(CNC(=O)Cc1cncc(O)c1)c1ccc(Br)cc1.